The van der Waals surface area contributed by atoms with Gasteiger partial charge >= 0.3 is 0 Å². The zero-order valence-electron chi connectivity index (χ0n) is 30.3. The average molecular weight is 713 g/mol. The van der Waals surface area contributed by atoms with Crippen molar-refractivity contribution in [2.75, 3.05) is 0 Å². The van der Waals surface area contributed by atoms with Crippen molar-refractivity contribution in [3.8, 4) is 73.6 Å². The van der Waals surface area contributed by atoms with E-state index in [1.807, 2.05) is 18.2 Å². The summed E-state index contributed by atoms with van der Waals surface area (Å²) in [5.41, 5.74) is 9.89. The lowest BCUT2D eigenvalue weighted by Gasteiger charge is -2.17. The molecule has 9 aromatic carbocycles. The molecule has 0 spiro atoms. The molecule has 0 saturated heterocycles. The van der Waals surface area contributed by atoms with Crippen molar-refractivity contribution in [1.29, 1.82) is 5.26 Å². The van der Waals surface area contributed by atoms with E-state index in [1.54, 1.807) is 12.1 Å². The van der Waals surface area contributed by atoms with Crippen LogP contribution in [0.3, 0.4) is 0 Å². The van der Waals surface area contributed by atoms with E-state index >= 15 is 0 Å². The molecule has 260 valence electrons. The Bertz CT molecular complexity index is 3140. The summed E-state index contributed by atoms with van der Waals surface area (Å²) >= 11 is 0. The van der Waals surface area contributed by atoms with Gasteiger partial charge in [0.05, 0.1) is 11.6 Å². The van der Waals surface area contributed by atoms with E-state index in [9.17, 15) is 5.26 Å². The normalized spacial score (nSPS) is 11.2. The molecular formula is C52H32N4. The number of benzene rings is 9. The van der Waals surface area contributed by atoms with Gasteiger partial charge in [0.15, 0.2) is 17.5 Å². The quantitative estimate of drug-likeness (QED) is 0.172. The predicted molar refractivity (Wildman–Crippen MR) is 230 cm³/mol. The number of hydrogen-bond donors (Lipinski definition) is 0. The number of fused-ring (bicyclic) bond motifs is 3. The van der Waals surface area contributed by atoms with Crippen LogP contribution in [0.2, 0.25) is 0 Å². The van der Waals surface area contributed by atoms with Gasteiger partial charge in [-0.25, -0.2) is 15.0 Å². The van der Waals surface area contributed by atoms with E-state index in [2.05, 4.69) is 170 Å². The molecule has 0 radical (unpaired) electrons. The van der Waals surface area contributed by atoms with Gasteiger partial charge in [0, 0.05) is 22.3 Å². The van der Waals surface area contributed by atoms with Crippen LogP contribution in [-0.2, 0) is 0 Å². The maximum atomic E-state index is 9.53. The Morgan fingerprint density at radius 3 is 1.59 bits per heavy atom. The summed E-state index contributed by atoms with van der Waals surface area (Å²) < 4.78 is 0. The van der Waals surface area contributed by atoms with E-state index < -0.39 is 0 Å². The lowest BCUT2D eigenvalue weighted by molar-refractivity contribution is 1.07. The molecule has 0 saturated carbocycles. The van der Waals surface area contributed by atoms with Crippen molar-refractivity contribution >= 4 is 32.3 Å². The predicted octanol–water partition coefficient (Wildman–Crippen LogP) is 13.2. The highest BCUT2D eigenvalue weighted by molar-refractivity contribution is 6.00. The SMILES string of the molecule is N#Cc1ccc(-c2nc(-c3ccc4cc(-c5cccc6ccccc56)ccc4c3)nc(-c3cccc(-c4ccc5ccccc5c4)c3-c3ccccc3)n2)cc1. The van der Waals surface area contributed by atoms with Gasteiger partial charge < -0.3 is 0 Å². The van der Waals surface area contributed by atoms with E-state index in [-0.39, 0.29) is 0 Å². The minimum atomic E-state index is 0.538. The molecule has 0 amide bonds. The first-order valence-electron chi connectivity index (χ1n) is 18.7. The lowest BCUT2D eigenvalue weighted by Crippen LogP contribution is -2.02. The summed E-state index contributed by atoms with van der Waals surface area (Å²) in [5.74, 6) is 1.68. The Labute approximate surface area is 324 Å². The maximum absolute atomic E-state index is 9.53. The molecule has 56 heavy (non-hydrogen) atoms. The van der Waals surface area contributed by atoms with Crippen molar-refractivity contribution < 1.29 is 0 Å². The highest BCUT2D eigenvalue weighted by atomic mass is 15.0. The van der Waals surface area contributed by atoms with Crippen LogP contribution < -0.4 is 0 Å². The Morgan fingerprint density at radius 2 is 0.821 bits per heavy atom. The second-order valence-corrected chi connectivity index (χ2v) is 14.0. The van der Waals surface area contributed by atoms with Crippen LogP contribution in [0.15, 0.2) is 194 Å². The van der Waals surface area contributed by atoms with Gasteiger partial charge in [-0.1, -0.05) is 152 Å². The summed E-state index contributed by atoms with van der Waals surface area (Å²) in [7, 11) is 0. The van der Waals surface area contributed by atoms with E-state index in [4.69, 9.17) is 15.0 Å². The molecule has 1 aromatic heterocycles. The highest BCUT2D eigenvalue weighted by Crippen LogP contribution is 2.41. The number of nitriles is 1. The third-order valence-electron chi connectivity index (χ3n) is 10.5. The van der Waals surface area contributed by atoms with Crippen LogP contribution in [-0.4, -0.2) is 15.0 Å². The standard InChI is InChI=1S/C52H32N4/c53-33-34-20-22-38(23-21-34)50-54-51(44-29-26-40-31-42(28-25-41(40)32-44)46-17-8-15-36-11-6-7-16-45(36)46)56-52(55-50)48-19-9-18-47(49(48)37-12-2-1-3-13-37)43-27-24-35-10-4-5-14-39(35)30-43/h1-32H. The highest BCUT2D eigenvalue weighted by Gasteiger charge is 2.19. The monoisotopic (exact) mass is 712 g/mol. The fourth-order valence-corrected chi connectivity index (χ4v) is 7.73. The van der Waals surface area contributed by atoms with Crippen molar-refractivity contribution in [2.24, 2.45) is 0 Å². The summed E-state index contributed by atoms with van der Waals surface area (Å²) in [5, 5.41) is 16.6. The van der Waals surface area contributed by atoms with Gasteiger partial charge in [0.25, 0.3) is 0 Å². The summed E-state index contributed by atoms with van der Waals surface area (Å²) in [6, 6.07) is 69.5. The smallest absolute Gasteiger partial charge is 0.164 e. The Hall–Kier alpha value is -7.74. The van der Waals surface area contributed by atoms with E-state index in [0.29, 0.717) is 23.0 Å². The van der Waals surface area contributed by atoms with Gasteiger partial charge in [-0.3, -0.25) is 0 Å². The van der Waals surface area contributed by atoms with Crippen LogP contribution in [0.1, 0.15) is 5.56 Å². The Morgan fingerprint density at radius 1 is 0.321 bits per heavy atom. The number of rotatable bonds is 6. The lowest BCUT2D eigenvalue weighted by atomic mass is 9.89. The zero-order valence-corrected chi connectivity index (χ0v) is 30.3. The average Bonchev–Trinajstić information content (AvgIpc) is 3.28. The first-order chi connectivity index (χ1) is 27.7. The minimum Gasteiger partial charge on any atom is -0.208 e. The largest absolute Gasteiger partial charge is 0.208 e. The fourth-order valence-electron chi connectivity index (χ4n) is 7.73. The van der Waals surface area contributed by atoms with Crippen molar-refractivity contribution in [1.82, 2.24) is 15.0 Å². The molecule has 0 aliphatic carbocycles. The zero-order chi connectivity index (χ0) is 37.4. The molecule has 0 unspecified atom stereocenters. The second-order valence-electron chi connectivity index (χ2n) is 14.0. The molecule has 0 bridgehead atoms. The molecule has 10 rings (SSSR count). The summed E-state index contributed by atoms with van der Waals surface area (Å²) in [6.45, 7) is 0. The molecule has 0 atom stereocenters. The van der Waals surface area contributed by atoms with Crippen molar-refractivity contribution in [3.63, 3.8) is 0 Å². The molecule has 0 aliphatic heterocycles. The molecule has 0 aliphatic rings. The van der Waals surface area contributed by atoms with E-state index in [1.165, 1.54) is 32.7 Å². The molecule has 0 fully saturated rings. The third-order valence-corrected chi connectivity index (χ3v) is 10.5. The maximum Gasteiger partial charge on any atom is 0.164 e. The third kappa shape index (κ3) is 6.04. The molecule has 4 nitrogen and oxygen atoms in total. The first-order valence-corrected chi connectivity index (χ1v) is 18.7. The Balaban J connectivity index is 1.15. The molecule has 4 heteroatoms. The molecule has 0 N–H and O–H groups in total. The van der Waals surface area contributed by atoms with Crippen LogP contribution in [0, 0.1) is 11.3 Å². The number of hydrogen-bond acceptors (Lipinski definition) is 4. The van der Waals surface area contributed by atoms with Crippen LogP contribution >= 0.6 is 0 Å². The van der Waals surface area contributed by atoms with Gasteiger partial charge in [-0.15, -0.1) is 0 Å². The van der Waals surface area contributed by atoms with Gasteiger partial charge in [0.2, 0.25) is 0 Å². The fraction of sp³-hybridized carbons (Fsp3) is 0. The van der Waals surface area contributed by atoms with Gasteiger partial charge in [-0.2, -0.15) is 5.26 Å². The molecule has 1 heterocycles. The summed E-state index contributed by atoms with van der Waals surface area (Å²) in [4.78, 5) is 15.5. The Kier molecular flexibility index (Phi) is 8.17. The summed E-state index contributed by atoms with van der Waals surface area (Å²) in [6.07, 6.45) is 0. The van der Waals surface area contributed by atoms with Crippen molar-refractivity contribution in [2.45, 2.75) is 0 Å². The van der Waals surface area contributed by atoms with Gasteiger partial charge in [0.1, 0.15) is 0 Å². The van der Waals surface area contributed by atoms with Crippen LogP contribution in [0.25, 0.3) is 99.9 Å². The molecular weight excluding hydrogens is 681 g/mol. The first kappa shape index (κ1) is 32.9. The molecule has 10 aromatic rings. The number of aromatic nitrogens is 3. The number of nitrogens with zero attached hydrogens (tertiary/aromatic N) is 4. The van der Waals surface area contributed by atoms with Gasteiger partial charge in [-0.05, 0) is 103 Å². The van der Waals surface area contributed by atoms with Crippen LogP contribution in [0.4, 0.5) is 0 Å². The van der Waals surface area contributed by atoms with Crippen molar-refractivity contribution in [3.05, 3.63) is 200 Å². The topological polar surface area (TPSA) is 62.5 Å². The minimum absolute atomic E-state index is 0.538. The van der Waals surface area contributed by atoms with E-state index in [0.717, 1.165) is 49.7 Å². The second kappa shape index (κ2) is 13.9. The van der Waals surface area contributed by atoms with Crippen LogP contribution in [0.5, 0.6) is 0 Å².